The molecule has 0 saturated heterocycles. The molecular weight excluding hydrogens is 228 g/mol. The van der Waals surface area contributed by atoms with E-state index in [1.54, 1.807) is 0 Å². The maximum atomic E-state index is 5.47. The van der Waals surface area contributed by atoms with Gasteiger partial charge in [0, 0.05) is 18.7 Å². The van der Waals surface area contributed by atoms with Crippen molar-refractivity contribution in [2.24, 2.45) is 5.73 Å². The number of para-hydroxylation sites is 1. The molecule has 18 heavy (non-hydrogen) atoms. The number of hydrogen-bond donors (Lipinski definition) is 2. The van der Waals surface area contributed by atoms with Crippen LogP contribution in [0, 0.1) is 6.92 Å². The standard InChI is InChI=1S/C13H18N4O/c1-3-10-6-4-5-9(2)12(10)15-13-17-16-11(18-13)7-8-14/h4-6H,3,7-8,14H2,1-2H3,(H,15,17). The fraction of sp³-hybridized carbons (Fsp3) is 0.385. The second kappa shape index (κ2) is 5.64. The summed E-state index contributed by atoms with van der Waals surface area (Å²) in [6.45, 7) is 4.68. The molecule has 2 rings (SSSR count). The lowest BCUT2D eigenvalue weighted by atomic mass is 10.1. The van der Waals surface area contributed by atoms with Crippen LogP contribution in [-0.2, 0) is 12.8 Å². The van der Waals surface area contributed by atoms with Crippen molar-refractivity contribution < 1.29 is 4.42 Å². The van der Waals surface area contributed by atoms with Gasteiger partial charge < -0.3 is 15.5 Å². The zero-order valence-corrected chi connectivity index (χ0v) is 10.7. The van der Waals surface area contributed by atoms with E-state index in [1.165, 1.54) is 5.56 Å². The van der Waals surface area contributed by atoms with Gasteiger partial charge in [-0.15, -0.1) is 5.10 Å². The lowest BCUT2D eigenvalue weighted by Gasteiger charge is -2.10. The van der Waals surface area contributed by atoms with E-state index < -0.39 is 0 Å². The number of anilines is 2. The molecule has 1 aromatic carbocycles. The number of benzene rings is 1. The van der Waals surface area contributed by atoms with Crippen molar-refractivity contribution >= 4 is 11.7 Å². The molecule has 0 spiro atoms. The number of hydrogen-bond acceptors (Lipinski definition) is 5. The summed E-state index contributed by atoms with van der Waals surface area (Å²) in [6, 6.07) is 6.61. The fourth-order valence-electron chi connectivity index (χ4n) is 1.84. The normalized spacial score (nSPS) is 10.6. The monoisotopic (exact) mass is 246 g/mol. The highest BCUT2D eigenvalue weighted by Gasteiger charge is 2.09. The molecule has 0 aliphatic heterocycles. The van der Waals surface area contributed by atoms with Crippen LogP contribution in [0.3, 0.4) is 0 Å². The summed E-state index contributed by atoms with van der Waals surface area (Å²) in [7, 11) is 0. The molecule has 0 bridgehead atoms. The summed E-state index contributed by atoms with van der Waals surface area (Å²) in [5, 5.41) is 11.1. The van der Waals surface area contributed by atoms with Crippen LogP contribution in [0.2, 0.25) is 0 Å². The number of nitrogens with zero attached hydrogens (tertiary/aromatic N) is 2. The molecule has 0 saturated carbocycles. The molecular formula is C13H18N4O. The zero-order chi connectivity index (χ0) is 13.0. The summed E-state index contributed by atoms with van der Waals surface area (Å²) in [5.74, 6) is 0.562. The zero-order valence-electron chi connectivity index (χ0n) is 10.7. The molecule has 0 atom stereocenters. The first-order valence-corrected chi connectivity index (χ1v) is 6.12. The summed E-state index contributed by atoms with van der Waals surface area (Å²) in [5.41, 5.74) is 8.88. The molecule has 1 aromatic heterocycles. The van der Waals surface area contributed by atoms with Crippen LogP contribution >= 0.6 is 0 Å². The molecule has 3 N–H and O–H groups in total. The van der Waals surface area contributed by atoms with Gasteiger partial charge in [0.2, 0.25) is 5.89 Å². The molecule has 5 heteroatoms. The van der Waals surface area contributed by atoms with Crippen LogP contribution in [0.25, 0.3) is 0 Å². The van der Waals surface area contributed by atoms with Gasteiger partial charge in [0.1, 0.15) is 0 Å². The Morgan fingerprint density at radius 3 is 2.89 bits per heavy atom. The summed E-state index contributed by atoms with van der Waals surface area (Å²) < 4.78 is 5.47. The summed E-state index contributed by atoms with van der Waals surface area (Å²) in [6.07, 6.45) is 1.55. The lowest BCUT2D eigenvalue weighted by Crippen LogP contribution is -2.02. The summed E-state index contributed by atoms with van der Waals surface area (Å²) in [4.78, 5) is 0. The molecule has 1 heterocycles. The predicted octanol–water partition coefficient (Wildman–Crippen LogP) is 2.19. The number of aromatic nitrogens is 2. The highest BCUT2D eigenvalue weighted by molar-refractivity contribution is 5.62. The first-order chi connectivity index (χ1) is 8.74. The molecule has 0 radical (unpaired) electrons. The lowest BCUT2D eigenvalue weighted by molar-refractivity contribution is 0.509. The third kappa shape index (κ3) is 2.68. The van der Waals surface area contributed by atoms with Gasteiger partial charge in [0.25, 0.3) is 0 Å². The Labute approximate surface area is 106 Å². The van der Waals surface area contributed by atoms with Gasteiger partial charge >= 0.3 is 6.01 Å². The van der Waals surface area contributed by atoms with Crippen molar-refractivity contribution in [1.29, 1.82) is 0 Å². The maximum absolute atomic E-state index is 5.47. The van der Waals surface area contributed by atoms with Gasteiger partial charge in [0.15, 0.2) is 0 Å². The SMILES string of the molecule is CCc1cccc(C)c1Nc1nnc(CCN)o1. The van der Waals surface area contributed by atoms with Gasteiger partial charge in [0.05, 0.1) is 0 Å². The predicted molar refractivity (Wildman–Crippen MR) is 70.9 cm³/mol. The van der Waals surface area contributed by atoms with E-state index in [2.05, 4.69) is 41.5 Å². The highest BCUT2D eigenvalue weighted by Crippen LogP contribution is 2.24. The average Bonchev–Trinajstić information content (AvgIpc) is 2.80. The minimum Gasteiger partial charge on any atom is -0.408 e. The first-order valence-electron chi connectivity index (χ1n) is 6.12. The van der Waals surface area contributed by atoms with Crippen molar-refractivity contribution in [3.8, 4) is 0 Å². The Morgan fingerprint density at radius 1 is 1.33 bits per heavy atom. The van der Waals surface area contributed by atoms with Crippen LogP contribution < -0.4 is 11.1 Å². The minimum absolute atomic E-state index is 0.419. The smallest absolute Gasteiger partial charge is 0.320 e. The first kappa shape index (κ1) is 12.6. The Bertz CT molecular complexity index is 521. The van der Waals surface area contributed by atoms with Gasteiger partial charge in [-0.2, -0.15) is 0 Å². The second-order valence-corrected chi connectivity index (χ2v) is 4.13. The minimum atomic E-state index is 0.419. The van der Waals surface area contributed by atoms with Gasteiger partial charge in [-0.3, -0.25) is 0 Å². The van der Waals surface area contributed by atoms with E-state index in [-0.39, 0.29) is 0 Å². The average molecular weight is 246 g/mol. The quantitative estimate of drug-likeness (QED) is 0.845. The fourth-order valence-corrected chi connectivity index (χ4v) is 1.84. The topological polar surface area (TPSA) is 77.0 Å². The van der Waals surface area contributed by atoms with Crippen LogP contribution in [0.15, 0.2) is 22.6 Å². The van der Waals surface area contributed by atoms with Gasteiger partial charge in [-0.25, -0.2) is 0 Å². The maximum Gasteiger partial charge on any atom is 0.320 e. The largest absolute Gasteiger partial charge is 0.408 e. The highest BCUT2D eigenvalue weighted by atomic mass is 16.4. The van der Waals surface area contributed by atoms with Crippen molar-refractivity contribution in [1.82, 2.24) is 10.2 Å². The van der Waals surface area contributed by atoms with Crippen LogP contribution in [-0.4, -0.2) is 16.7 Å². The molecule has 0 aliphatic carbocycles. The Hall–Kier alpha value is -1.88. The van der Waals surface area contributed by atoms with E-state index in [1.807, 2.05) is 6.07 Å². The number of rotatable bonds is 5. The summed E-state index contributed by atoms with van der Waals surface area (Å²) >= 11 is 0. The molecule has 0 amide bonds. The number of nitrogens with one attached hydrogen (secondary N) is 1. The van der Waals surface area contributed by atoms with Crippen molar-refractivity contribution in [3.63, 3.8) is 0 Å². The van der Waals surface area contributed by atoms with Crippen LogP contribution in [0.5, 0.6) is 0 Å². The van der Waals surface area contributed by atoms with E-state index >= 15 is 0 Å². The van der Waals surface area contributed by atoms with Crippen molar-refractivity contribution in [2.45, 2.75) is 26.7 Å². The van der Waals surface area contributed by atoms with E-state index in [0.717, 1.165) is 17.7 Å². The Morgan fingerprint density at radius 2 is 2.17 bits per heavy atom. The molecule has 2 aromatic rings. The molecule has 0 unspecified atom stereocenters. The Balaban J connectivity index is 2.22. The van der Waals surface area contributed by atoms with Crippen molar-refractivity contribution in [2.75, 3.05) is 11.9 Å². The molecule has 5 nitrogen and oxygen atoms in total. The molecule has 96 valence electrons. The van der Waals surface area contributed by atoms with E-state index in [4.69, 9.17) is 10.2 Å². The van der Waals surface area contributed by atoms with Gasteiger partial charge in [-0.1, -0.05) is 30.2 Å². The molecule has 0 fully saturated rings. The third-order valence-corrected chi connectivity index (χ3v) is 2.80. The van der Waals surface area contributed by atoms with Crippen LogP contribution in [0.4, 0.5) is 11.7 Å². The number of aryl methyl sites for hydroxylation is 2. The second-order valence-electron chi connectivity index (χ2n) is 4.13. The van der Waals surface area contributed by atoms with E-state index in [0.29, 0.717) is 24.9 Å². The third-order valence-electron chi connectivity index (χ3n) is 2.80. The van der Waals surface area contributed by atoms with E-state index in [9.17, 15) is 0 Å². The number of nitrogens with two attached hydrogens (primary N) is 1. The van der Waals surface area contributed by atoms with Gasteiger partial charge in [-0.05, 0) is 24.5 Å². The van der Waals surface area contributed by atoms with Crippen molar-refractivity contribution in [3.05, 3.63) is 35.2 Å². The van der Waals surface area contributed by atoms with Crippen LogP contribution in [0.1, 0.15) is 23.9 Å². The Kier molecular flexibility index (Phi) is 3.94. The molecule has 0 aliphatic rings.